The van der Waals surface area contributed by atoms with E-state index in [1.165, 1.54) is 5.69 Å². The third-order valence-corrected chi connectivity index (χ3v) is 4.24. The summed E-state index contributed by atoms with van der Waals surface area (Å²) in [6, 6.07) is 6.59. The summed E-state index contributed by atoms with van der Waals surface area (Å²) in [5.41, 5.74) is 3.74. The zero-order valence-electron chi connectivity index (χ0n) is 13.6. The summed E-state index contributed by atoms with van der Waals surface area (Å²) in [7, 11) is 2.16. The molecule has 1 aliphatic heterocycles. The van der Waals surface area contributed by atoms with Crippen molar-refractivity contribution in [2.75, 3.05) is 38.1 Å². The lowest BCUT2D eigenvalue weighted by Crippen LogP contribution is -2.44. The molecule has 5 nitrogen and oxygen atoms in total. The molecule has 3 aromatic rings. The van der Waals surface area contributed by atoms with Gasteiger partial charge in [0.05, 0.1) is 18.9 Å². The molecule has 0 amide bonds. The number of hydrogen-bond acceptors (Lipinski definition) is 4. The maximum absolute atomic E-state index is 7.88. The highest BCUT2D eigenvalue weighted by molar-refractivity contribution is 5.80. The second-order valence-electron chi connectivity index (χ2n) is 5.75. The van der Waals surface area contributed by atoms with Gasteiger partial charge < -0.3 is 14.8 Å². The molecule has 1 aliphatic rings. The minimum absolute atomic E-state index is 0.461. The number of H-pyrrole nitrogens is 1. The summed E-state index contributed by atoms with van der Waals surface area (Å²) >= 11 is 0. The number of aromatic amines is 1. The Kier molecular flexibility index (Phi) is 3.00. The summed E-state index contributed by atoms with van der Waals surface area (Å²) in [6.07, 6.45) is 5.39. The Hall–Kier alpha value is -2.40. The van der Waals surface area contributed by atoms with E-state index in [1.807, 2.05) is 18.3 Å². The van der Waals surface area contributed by atoms with Gasteiger partial charge in [0.2, 0.25) is 0 Å². The molecule has 5 heteroatoms. The van der Waals surface area contributed by atoms with Gasteiger partial charge in [0, 0.05) is 49.5 Å². The SMILES string of the molecule is [2H]c1c[nH]c2ncc(-c3ccc(N4CCN(C)CC4)cn3)cc12. The molecule has 3 aromatic heterocycles. The van der Waals surface area contributed by atoms with Gasteiger partial charge in [-0.05, 0) is 31.3 Å². The zero-order valence-corrected chi connectivity index (χ0v) is 12.6. The van der Waals surface area contributed by atoms with Gasteiger partial charge in [0.15, 0.2) is 0 Å². The van der Waals surface area contributed by atoms with Gasteiger partial charge in [0.25, 0.3) is 0 Å². The largest absolute Gasteiger partial charge is 0.368 e. The van der Waals surface area contributed by atoms with E-state index in [4.69, 9.17) is 1.37 Å². The fourth-order valence-electron chi connectivity index (χ4n) is 2.82. The standard InChI is InChI=1S/C17H19N5/c1-21-6-8-22(9-7-21)15-2-3-16(19-12-15)14-10-13-4-5-18-17(13)20-11-14/h2-5,10-12H,6-9H2,1H3,(H,18,20)/i4D. The Labute approximate surface area is 131 Å². The topological polar surface area (TPSA) is 48.1 Å². The molecule has 0 atom stereocenters. The van der Waals surface area contributed by atoms with Gasteiger partial charge >= 0.3 is 0 Å². The van der Waals surface area contributed by atoms with Crippen molar-refractivity contribution in [3.05, 3.63) is 42.8 Å². The fourth-order valence-corrected chi connectivity index (χ4v) is 2.82. The summed E-state index contributed by atoms with van der Waals surface area (Å²) in [6.45, 7) is 4.25. The fraction of sp³-hybridized carbons (Fsp3) is 0.294. The second kappa shape index (κ2) is 5.42. The van der Waals surface area contributed by atoms with E-state index in [2.05, 4.69) is 37.9 Å². The number of hydrogen-bond donors (Lipinski definition) is 1. The highest BCUT2D eigenvalue weighted by atomic mass is 15.2. The highest BCUT2D eigenvalue weighted by Crippen LogP contribution is 2.23. The van der Waals surface area contributed by atoms with Crippen LogP contribution in [-0.4, -0.2) is 53.1 Å². The molecule has 22 heavy (non-hydrogen) atoms. The number of rotatable bonds is 2. The maximum Gasteiger partial charge on any atom is 0.137 e. The molecular formula is C17H19N5. The smallest absolute Gasteiger partial charge is 0.137 e. The van der Waals surface area contributed by atoms with Gasteiger partial charge in [-0.3, -0.25) is 4.98 Å². The Balaban J connectivity index is 1.60. The molecule has 0 aliphatic carbocycles. The normalized spacial score (nSPS) is 17.0. The van der Waals surface area contributed by atoms with Gasteiger partial charge in [-0.25, -0.2) is 4.98 Å². The molecule has 1 N–H and O–H groups in total. The molecule has 0 saturated carbocycles. The first kappa shape index (κ1) is 12.2. The van der Waals surface area contributed by atoms with E-state index in [0.717, 1.165) is 48.5 Å². The number of anilines is 1. The van der Waals surface area contributed by atoms with Crippen LogP contribution in [0.4, 0.5) is 5.69 Å². The molecule has 0 radical (unpaired) electrons. The molecule has 4 rings (SSSR count). The molecule has 1 saturated heterocycles. The summed E-state index contributed by atoms with van der Waals surface area (Å²) in [5.74, 6) is 0. The zero-order chi connectivity index (χ0) is 15.8. The minimum Gasteiger partial charge on any atom is -0.368 e. The number of pyridine rings is 2. The number of aromatic nitrogens is 3. The monoisotopic (exact) mass is 294 g/mol. The van der Waals surface area contributed by atoms with Crippen LogP contribution in [0.5, 0.6) is 0 Å². The lowest BCUT2D eigenvalue weighted by molar-refractivity contribution is 0.313. The first-order valence-electron chi connectivity index (χ1n) is 8.04. The number of nitrogens with zero attached hydrogens (tertiary/aromatic N) is 4. The van der Waals surface area contributed by atoms with Crippen LogP contribution in [0.2, 0.25) is 0 Å². The van der Waals surface area contributed by atoms with E-state index in [-0.39, 0.29) is 0 Å². The average molecular weight is 294 g/mol. The average Bonchev–Trinajstić information content (AvgIpc) is 2.96. The van der Waals surface area contributed by atoms with Crippen molar-refractivity contribution in [3.8, 4) is 11.3 Å². The first-order chi connectivity index (χ1) is 11.2. The van der Waals surface area contributed by atoms with Gasteiger partial charge in [0.1, 0.15) is 5.65 Å². The predicted octanol–water partition coefficient (Wildman–Crippen LogP) is 2.38. The molecule has 4 heterocycles. The predicted molar refractivity (Wildman–Crippen MR) is 89.0 cm³/mol. The van der Waals surface area contributed by atoms with Crippen LogP contribution in [0.15, 0.2) is 42.8 Å². The molecule has 1 fully saturated rings. The lowest BCUT2D eigenvalue weighted by Gasteiger charge is -2.33. The third-order valence-electron chi connectivity index (χ3n) is 4.24. The van der Waals surface area contributed by atoms with E-state index < -0.39 is 0 Å². The van der Waals surface area contributed by atoms with Crippen LogP contribution in [0.1, 0.15) is 1.37 Å². The maximum atomic E-state index is 7.88. The van der Waals surface area contributed by atoms with E-state index >= 15 is 0 Å². The lowest BCUT2D eigenvalue weighted by atomic mass is 10.1. The van der Waals surface area contributed by atoms with Crippen molar-refractivity contribution in [2.45, 2.75) is 0 Å². The Bertz CT molecular complexity index is 819. The first-order valence-corrected chi connectivity index (χ1v) is 7.54. The minimum atomic E-state index is 0.461. The van der Waals surface area contributed by atoms with Gasteiger partial charge in [-0.1, -0.05) is 0 Å². The molecule has 112 valence electrons. The van der Waals surface area contributed by atoms with Gasteiger partial charge in [-0.15, -0.1) is 0 Å². The van der Waals surface area contributed by atoms with Crippen LogP contribution < -0.4 is 4.90 Å². The van der Waals surface area contributed by atoms with Crippen molar-refractivity contribution in [3.63, 3.8) is 0 Å². The van der Waals surface area contributed by atoms with Crippen molar-refractivity contribution in [2.24, 2.45) is 0 Å². The molecule has 0 spiro atoms. The number of likely N-dealkylation sites (N-methyl/N-ethyl adjacent to an activating group) is 1. The highest BCUT2D eigenvalue weighted by Gasteiger charge is 2.14. The number of nitrogens with one attached hydrogen (secondary N) is 1. The van der Waals surface area contributed by atoms with Crippen molar-refractivity contribution < 1.29 is 1.37 Å². The Morgan fingerprint density at radius 3 is 2.77 bits per heavy atom. The Morgan fingerprint density at radius 2 is 2.00 bits per heavy atom. The molecule has 0 bridgehead atoms. The van der Waals surface area contributed by atoms with E-state index in [0.29, 0.717) is 6.04 Å². The van der Waals surface area contributed by atoms with Crippen molar-refractivity contribution in [1.82, 2.24) is 19.9 Å². The van der Waals surface area contributed by atoms with E-state index in [9.17, 15) is 0 Å². The molecular weight excluding hydrogens is 274 g/mol. The summed E-state index contributed by atoms with van der Waals surface area (Å²) < 4.78 is 7.88. The quantitative estimate of drug-likeness (QED) is 0.788. The number of fused-ring (bicyclic) bond motifs is 1. The molecule has 0 unspecified atom stereocenters. The third kappa shape index (κ3) is 2.44. The Morgan fingerprint density at radius 1 is 1.14 bits per heavy atom. The van der Waals surface area contributed by atoms with Gasteiger partial charge in [-0.2, -0.15) is 0 Å². The van der Waals surface area contributed by atoms with Crippen LogP contribution in [-0.2, 0) is 0 Å². The van der Waals surface area contributed by atoms with Crippen molar-refractivity contribution in [1.29, 1.82) is 0 Å². The number of piperazine rings is 1. The molecule has 0 aromatic carbocycles. The summed E-state index contributed by atoms with van der Waals surface area (Å²) in [4.78, 5) is 16.7. The second-order valence-corrected chi connectivity index (χ2v) is 5.75. The van der Waals surface area contributed by atoms with Crippen LogP contribution in [0, 0.1) is 0 Å². The summed E-state index contributed by atoms with van der Waals surface area (Å²) in [5, 5.41) is 0.826. The van der Waals surface area contributed by atoms with E-state index in [1.54, 1.807) is 12.4 Å². The van der Waals surface area contributed by atoms with Crippen LogP contribution in [0.25, 0.3) is 22.3 Å². The van der Waals surface area contributed by atoms with Crippen LogP contribution in [0.3, 0.4) is 0 Å². The van der Waals surface area contributed by atoms with Crippen LogP contribution >= 0.6 is 0 Å². The van der Waals surface area contributed by atoms with Crippen molar-refractivity contribution >= 4 is 16.7 Å².